The topological polar surface area (TPSA) is 69.6 Å². The summed E-state index contributed by atoms with van der Waals surface area (Å²) in [7, 11) is 0. The second-order valence-corrected chi connectivity index (χ2v) is 17.9. The molecule has 58 heavy (non-hydrogen) atoms. The number of aliphatic hydroxyl groups excluding tert-OH is 2. The van der Waals surface area contributed by atoms with E-state index in [-0.39, 0.29) is 12.5 Å². The third-order valence-electron chi connectivity index (χ3n) is 12.1. The van der Waals surface area contributed by atoms with Gasteiger partial charge in [0.05, 0.1) is 18.8 Å². The van der Waals surface area contributed by atoms with Crippen LogP contribution >= 0.6 is 0 Å². The van der Waals surface area contributed by atoms with Gasteiger partial charge in [-0.3, -0.25) is 4.79 Å². The minimum atomic E-state index is -0.867. The second-order valence-electron chi connectivity index (χ2n) is 17.9. The van der Waals surface area contributed by atoms with Crippen LogP contribution in [0.2, 0.25) is 0 Å². The van der Waals surface area contributed by atoms with Crippen LogP contribution in [0.15, 0.2) is 36.5 Å². The molecule has 0 aliphatic carbocycles. The van der Waals surface area contributed by atoms with Gasteiger partial charge in [-0.25, -0.2) is 0 Å². The lowest BCUT2D eigenvalue weighted by Crippen LogP contribution is -2.45. The fraction of sp³-hybridized carbons (Fsp3) is 0.870. The number of carbonyl (C=O) groups excluding carboxylic acids is 1. The van der Waals surface area contributed by atoms with Gasteiger partial charge >= 0.3 is 0 Å². The number of hydrogen-bond donors (Lipinski definition) is 3. The van der Waals surface area contributed by atoms with E-state index < -0.39 is 12.1 Å². The van der Waals surface area contributed by atoms with Gasteiger partial charge in [-0.15, -0.1) is 0 Å². The van der Waals surface area contributed by atoms with Crippen molar-refractivity contribution >= 4 is 5.91 Å². The Bertz CT molecular complexity index is 882. The van der Waals surface area contributed by atoms with Gasteiger partial charge in [0.15, 0.2) is 0 Å². The minimum absolute atomic E-state index is 0.0762. The van der Waals surface area contributed by atoms with E-state index in [4.69, 9.17) is 0 Å². The van der Waals surface area contributed by atoms with Crippen LogP contribution in [0, 0.1) is 0 Å². The SMILES string of the molecule is CCCCCCCCCCCCCCCCCCCCCCCCC/C=C/CC/C=C/CC/C=C/C(O)C(CO)NC(=O)CCCCCCCCCCCCCCC. The van der Waals surface area contributed by atoms with Crippen LogP contribution in [-0.2, 0) is 4.79 Å². The Hall–Kier alpha value is -1.39. The number of aliphatic hydroxyl groups is 2. The highest BCUT2D eigenvalue weighted by Crippen LogP contribution is 2.17. The summed E-state index contributed by atoms with van der Waals surface area (Å²) < 4.78 is 0. The largest absolute Gasteiger partial charge is 0.394 e. The van der Waals surface area contributed by atoms with Gasteiger partial charge in [-0.1, -0.05) is 269 Å². The molecule has 0 aliphatic rings. The summed E-state index contributed by atoms with van der Waals surface area (Å²) >= 11 is 0. The quantitative estimate of drug-likeness (QED) is 0.0423. The third-order valence-corrected chi connectivity index (χ3v) is 12.1. The molecule has 0 saturated carbocycles. The number of amides is 1. The molecule has 0 aromatic rings. The van der Waals surface area contributed by atoms with Crippen molar-refractivity contribution < 1.29 is 15.0 Å². The van der Waals surface area contributed by atoms with Gasteiger partial charge in [0.25, 0.3) is 0 Å². The Balaban J connectivity index is 3.51. The summed E-state index contributed by atoms with van der Waals surface area (Å²) in [4.78, 5) is 12.4. The highest BCUT2D eigenvalue weighted by Gasteiger charge is 2.17. The van der Waals surface area contributed by atoms with E-state index in [1.165, 1.54) is 225 Å². The lowest BCUT2D eigenvalue weighted by molar-refractivity contribution is -0.123. The van der Waals surface area contributed by atoms with Crippen LogP contribution in [0.1, 0.15) is 284 Å². The fourth-order valence-electron chi connectivity index (χ4n) is 8.10. The molecule has 1 amide bonds. The molecule has 0 aromatic carbocycles. The van der Waals surface area contributed by atoms with Crippen LogP contribution in [0.25, 0.3) is 0 Å². The van der Waals surface area contributed by atoms with Gasteiger partial charge in [0.2, 0.25) is 5.91 Å². The highest BCUT2D eigenvalue weighted by atomic mass is 16.3. The highest BCUT2D eigenvalue weighted by molar-refractivity contribution is 5.76. The number of carbonyl (C=O) groups is 1. The molecule has 0 rings (SSSR count). The third kappa shape index (κ3) is 45.7. The zero-order valence-corrected chi connectivity index (χ0v) is 39.3. The van der Waals surface area contributed by atoms with Gasteiger partial charge in [-0.2, -0.15) is 0 Å². The summed E-state index contributed by atoms with van der Waals surface area (Å²) in [6, 6.07) is -0.642. The molecule has 0 aliphatic heterocycles. The maximum absolute atomic E-state index is 12.4. The molecule has 0 bridgehead atoms. The summed E-state index contributed by atoms with van der Waals surface area (Å²) in [5.41, 5.74) is 0. The van der Waals surface area contributed by atoms with Crippen molar-refractivity contribution in [1.29, 1.82) is 0 Å². The molecule has 4 nitrogen and oxygen atoms in total. The lowest BCUT2D eigenvalue weighted by Gasteiger charge is -2.19. The van der Waals surface area contributed by atoms with E-state index in [1.54, 1.807) is 6.08 Å². The van der Waals surface area contributed by atoms with Gasteiger partial charge in [-0.05, 0) is 44.9 Å². The first kappa shape index (κ1) is 56.6. The van der Waals surface area contributed by atoms with Crippen LogP contribution in [0.3, 0.4) is 0 Å². The monoisotopic (exact) mass is 814 g/mol. The average Bonchev–Trinajstić information content (AvgIpc) is 3.23. The van der Waals surface area contributed by atoms with Gasteiger partial charge in [0.1, 0.15) is 0 Å². The number of unbranched alkanes of at least 4 members (excludes halogenated alkanes) is 37. The maximum atomic E-state index is 12.4. The zero-order chi connectivity index (χ0) is 42.1. The van der Waals surface area contributed by atoms with E-state index in [9.17, 15) is 15.0 Å². The summed E-state index contributed by atoms with van der Waals surface area (Å²) in [6.07, 6.45) is 67.4. The molecular formula is C54H103NO3. The average molecular weight is 814 g/mol. The van der Waals surface area contributed by atoms with E-state index in [0.29, 0.717) is 6.42 Å². The number of nitrogens with one attached hydrogen (secondary N) is 1. The van der Waals surface area contributed by atoms with E-state index in [2.05, 4.69) is 43.5 Å². The predicted octanol–water partition coefficient (Wildman–Crippen LogP) is 16.9. The minimum Gasteiger partial charge on any atom is -0.394 e. The smallest absolute Gasteiger partial charge is 0.220 e. The molecule has 2 atom stereocenters. The van der Waals surface area contributed by atoms with Crippen molar-refractivity contribution in [2.45, 2.75) is 296 Å². The van der Waals surface area contributed by atoms with Gasteiger partial charge in [0, 0.05) is 6.42 Å². The van der Waals surface area contributed by atoms with Crippen molar-refractivity contribution in [1.82, 2.24) is 5.32 Å². The molecule has 4 heteroatoms. The van der Waals surface area contributed by atoms with Crippen LogP contribution in [0.5, 0.6) is 0 Å². The van der Waals surface area contributed by atoms with E-state index in [1.807, 2.05) is 6.08 Å². The summed E-state index contributed by atoms with van der Waals surface area (Å²) in [6.45, 7) is 4.31. The van der Waals surface area contributed by atoms with Crippen LogP contribution < -0.4 is 5.32 Å². The summed E-state index contributed by atoms with van der Waals surface area (Å²) in [5, 5.41) is 23.0. The Kier molecular flexibility index (Phi) is 48.8. The first-order valence-electron chi connectivity index (χ1n) is 26.2. The molecule has 0 aromatic heterocycles. The van der Waals surface area contributed by atoms with Crippen LogP contribution in [-0.4, -0.2) is 34.9 Å². The molecule has 0 heterocycles. The fourth-order valence-corrected chi connectivity index (χ4v) is 8.10. The second kappa shape index (κ2) is 50.0. The summed E-state index contributed by atoms with van der Waals surface area (Å²) in [5.74, 6) is -0.0762. The normalized spacial score (nSPS) is 13.1. The first-order chi connectivity index (χ1) is 28.7. The van der Waals surface area contributed by atoms with Crippen molar-refractivity contribution in [2.75, 3.05) is 6.61 Å². The molecule has 2 unspecified atom stereocenters. The number of allylic oxidation sites excluding steroid dienone is 5. The first-order valence-corrected chi connectivity index (χ1v) is 26.2. The van der Waals surface area contributed by atoms with Crippen molar-refractivity contribution in [3.8, 4) is 0 Å². The van der Waals surface area contributed by atoms with Crippen molar-refractivity contribution in [2.24, 2.45) is 0 Å². The van der Waals surface area contributed by atoms with Crippen molar-refractivity contribution in [3.05, 3.63) is 36.5 Å². The maximum Gasteiger partial charge on any atom is 0.220 e. The Labute approximate surface area is 363 Å². The lowest BCUT2D eigenvalue weighted by atomic mass is 10.0. The molecule has 0 radical (unpaired) electrons. The van der Waals surface area contributed by atoms with Gasteiger partial charge < -0.3 is 15.5 Å². The Morgan fingerprint density at radius 2 is 0.672 bits per heavy atom. The molecule has 0 saturated heterocycles. The molecule has 0 spiro atoms. The van der Waals surface area contributed by atoms with Crippen molar-refractivity contribution in [3.63, 3.8) is 0 Å². The molecule has 3 N–H and O–H groups in total. The number of hydrogen-bond acceptors (Lipinski definition) is 3. The zero-order valence-electron chi connectivity index (χ0n) is 39.3. The Morgan fingerprint density at radius 1 is 0.397 bits per heavy atom. The van der Waals surface area contributed by atoms with E-state index >= 15 is 0 Å². The molecule has 342 valence electrons. The predicted molar refractivity (Wildman–Crippen MR) is 258 cm³/mol. The standard InChI is InChI=1S/C54H103NO3/c1-3-5-7-9-11-13-15-17-18-19-20-21-22-23-24-25-26-27-28-29-30-31-32-33-34-35-36-38-39-41-43-45-47-49-53(57)52(51-56)55-54(58)50-48-46-44-42-40-37-16-14-12-10-8-6-4-2/h34-35,39,41,47,49,52-53,56-57H,3-33,36-38,40,42-46,48,50-51H2,1-2H3,(H,55,58)/b35-34+,41-39+,49-47+. The number of rotatable bonds is 48. The Morgan fingerprint density at radius 3 is 1.00 bits per heavy atom. The van der Waals surface area contributed by atoms with E-state index in [0.717, 1.165) is 38.5 Å². The molecular weight excluding hydrogens is 711 g/mol. The van der Waals surface area contributed by atoms with Crippen LogP contribution in [0.4, 0.5) is 0 Å². The molecule has 0 fully saturated rings.